The predicted octanol–water partition coefficient (Wildman–Crippen LogP) is 1.47. The van der Waals surface area contributed by atoms with Crippen LogP contribution in [0.1, 0.15) is 0 Å². The smallest absolute Gasteiger partial charge is 0.273 e. The van der Waals surface area contributed by atoms with E-state index in [1.54, 1.807) is 0 Å². The molecular weight excluding hydrogens is 254 g/mol. The van der Waals surface area contributed by atoms with Crippen molar-refractivity contribution in [1.82, 2.24) is 5.43 Å². The number of amides is 2. The van der Waals surface area contributed by atoms with Gasteiger partial charge in [-0.15, -0.1) is 0 Å². The van der Waals surface area contributed by atoms with Crippen LogP contribution in [0.2, 0.25) is 0 Å². The molecule has 18 heavy (non-hydrogen) atoms. The molecule has 0 saturated heterocycles. The summed E-state index contributed by atoms with van der Waals surface area (Å²) in [6, 6.07) is 15.6. The molecular formula is C11H11N3O3S. The van der Waals surface area contributed by atoms with Crippen LogP contribution in [0.4, 0.5) is 4.79 Å². The maximum absolute atomic E-state index is 9.83. The molecule has 0 heterocycles. The van der Waals surface area contributed by atoms with Gasteiger partial charge in [0, 0.05) is 0 Å². The zero-order chi connectivity index (χ0) is 13.4. The number of rotatable bonds is 0. The first-order valence-electron chi connectivity index (χ1n) is 4.89. The highest BCUT2D eigenvalue weighted by Crippen LogP contribution is 2.11. The normalized spacial score (nSPS) is 8.94. The first kappa shape index (κ1) is 13.8. The molecule has 0 aliphatic rings. The Morgan fingerprint density at radius 2 is 1.39 bits per heavy atom. The molecule has 0 saturated carbocycles. The lowest BCUT2D eigenvalue weighted by Crippen LogP contribution is -2.26. The standard InChI is InChI=1S/C10H8.CH3N3O3S/c1-2-6-10-8-4-3-7-9(10)5-1;2-3-1(5)4-8(6)7/h1-8H;2H2,(H,3,5). The second kappa shape index (κ2) is 7.15. The Balaban J connectivity index is 0.000000187. The van der Waals surface area contributed by atoms with Crippen molar-refractivity contribution in [2.75, 3.05) is 0 Å². The van der Waals surface area contributed by atoms with E-state index in [1.165, 1.54) is 16.2 Å². The van der Waals surface area contributed by atoms with E-state index in [9.17, 15) is 13.2 Å². The van der Waals surface area contributed by atoms with Crippen molar-refractivity contribution in [2.24, 2.45) is 10.2 Å². The molecule has 0 spiro atoms. The molecule has 0 fully saturated rings. The number of urea groups is 1. The molecule has 0 unspecified atom stereocenters. The number of hydrogen-bond donors (Lipinski definition) is 2. The molecule has 0 aliphatic heterocycles. The molecule has 2 aromatic rings. The lowest BCUT2D eigenvalue weighted by Gasteiger charge is -1.92. The quantitative estimate of drug-likeness (QED) is 0.428. The van der Waals surface area contributed by atoms with Crippen molar-refractivity contribution in [3.05, 3.63) is 48.5 Å². The largest absolute Gasteiger partial charge is 0.370 e. The van der Waals surface area contributed by atoms with Crippen LogP contribution in [-0.4, -0.2) is 14.4 Å². The van der Waals surface area contributed by atoms with E-state index in [-0.39, 0.29) is 0 Å². The van der Waals surface area contributed by atoms with Gasteiger partial charge in [0.1, 0.15) is 0 Å². The second-order valence-electron chi connectivity index (χ2n) is 3.11. The Labute approximate surface area is 105 Å². The third-order valence-corrected chi connectivity index (χ3v) is 2.25. The van der Waals surface area contributed by atoms with Crippen molar-refractivity contribution in [2.45, 2.75) is 0 Å². The van der Waals surface area contributed by atoms with Crippen LogP contribution in [0, 0.1) is 0 Å². The third kappa shape index (κ3) is 4.73. The number of fused-ring (bicyclic) bond motifs is 1. The average Bonchev–Trinajstić information content (AvgIpc) is 2.39. The zero-order valence-corrected chi connectivity index (χ0v) is 10.1. The van der Waals surface area contributed by atoms with E-state index in [4.69, 9.17) is 0 Å². The third-order valence-electron chi connectivity index (χ3n) is 1.94. The van der Waals surface area contributed by atoms with Crippen LogP contribution in [0.5, 0.6) is 0 Å². The van der Waals surface area contributed by atoms with Crippen molar-refractivity contribution in [3.8, 4) is 0 Å². The molecule has 2 rings (SSSR count). The van der Waals surface area contributed by atoms with Crippen LogP contribution in [0.15, 0.2) is 52.9 Å². The minimum absolute atomic E-state index is 1.08. The number of nitrogens with two attached hydrogens (primary N) is 1. The molecule has 2 amide bonds. The average molecular weight is 265 g/mol. The van der Waals surface area contributed by atoms with Crippen LogP contribution >= 0.6 is 0 Å². The molecule has 0 atom stereocenters. The van der Waals surface area contributed by atoms with Gasteiger partial charge >= 0.3 is 16.5 Å². The van der Waals surface area contributed by atoms with E-state index < -0.39 is 16.5 Å². The Hall–Kier alpha value is -2.25. The van der Waals surface area contributed by atoms with Gasteiger partial charge in [-0.25, -0.2) is 10.6 Å². The molecule has 0 aliphatic carbocycles. The second-order valence-corrected chi connectivity index (χ2v) is 3.72. The van der Waals surface area contributed by atoms with E-state index in [0.29, 0.717) is 0 Å². The molecule has 0 aromatic heterocycles. The van der Waals surface area contributed by atoms with Gasteiger partial charge in [0.15, 0.2) is 0 Å². The number of nitrogens with one attached hydrogen (secondary N) is 1. The van der Waals surface area contributed by atoms with Gasteiger partial charge < -0.3 is 0 Å². The summed E-state index contributed by atoms with van der Waals surface area (Å²) >= 11 is 0. The summed E-state index contributed by atoms with van der Waals surface area (Å²) in [5.41, 5.74) is 1.50. The van der Waals surface area contributed by atoms with Crippen LogP contribution in [0.25, 0.3) is 10.8 Å². The Bertz CT molecular complexity index is 595. The van der Waals surface area contributed by atoms with Crippen molar-refractivity contribution in [3.63, 3.8) is 0 Å². The molecule has 0 radical (unpaired) electrons. The number of carbonyl (C=O) groups is 1. The van der Waals surface area contributed by atoms with E-state index >= 15 is 0 Å². The van der Waals surface area contributed by atoms with Gasteiger partial charge in [-0.3, -0.25) is 5.43 Å². The molecule has 7 heteroatoms. The number of hydrazine groups is 1. The highest BCUT2D eigenvalue weighted by atomic mass is 32.2. The van der Waals surface area contributed by atoms with Crippen molar-refractivity contribution in [1.29, 1.82) is 0 Å². The van der Waals surface area contributed by atoms with Gasteiger partial charge in [-0.1, -0.05) is 52.9 Å². The maximum Gasteiger partial charge on any atom is 0.370 e. The highest BCUT2D eigenvalue weighted by Gasteiger charge is 1.88. The topological polar surface area (TPSA) is 102 Å². The fourth-order valence-electron chi connectivity index (χ4n) is 1.23. The van der Waals surface area contributed by atoms with Crippen LogP contribution in [-0.2, 0) is 10.5 Å². The minimum Gasteiger partial charge on any atom is -0.273 e. The SMILES string of the molecule is NNC(=O)N=S(=O)=O.c1ccc2ccccc2c1. The summed E-state index contributed by atoms with van der Waals surface area (Å²) < 4.78 is 21.4. The Morgan fingerprint density at radius 3 is 1.61 bits per heavy atom. The molecule has 2 aromatic carbocycles. The van der Waals surface area contributed by atoms with Gasteiger partial charge in [0.05, 0.1) is 0 Å². The summed E-state index contributed by atoms with van der Waals surface area (Å²) in [6.07, 6.45) is 0. The fraction of sp³-hybridized carbons (Fsp3) is 0. The predicted molar refractivity (Wildman–Crippen MR) is 68.0 cm³/mol. The minimum atomic E-state index is -2.71. The Kier molecular flexibility index (Phi) is 5.49. The summed E-state index contributed by atoms with van der Waals surface area (Å²) in [5, 5.41) is 2.62. The highest BCUT2D eigenvalue weighted by molar-refractivity contribution is 7.62. The molecule has 6 nitrogen and oxygen atoms in total. The number of benzene rings is 2. The molecule has 3 N–H and O–H groups in total. The summed E-state index contributed by atoms with van der Waals surface area (Å²) in [5.74, 6) is 4.45. The monoisotopic (exact) mass is 265 g/mol. The van der Waals surface area contributed by atoms with E-state index in [2.05, 4.69) is 58.7 Å². The summed E-state index contributed by atoms with van der Waals surface area (Å²) in [4.78, 5) is 9.83. The van der Waals surface area contributed by atoms with Gasteiger partial charge in [-0.05, 0) is 10.8 Å². The molecule has 0 bridgehead atoms. The lowest BCUT2D eigenvalue weighted by molar-refractivity contribution is 0.250. The number of carbonyl (C=O) groups excluding carboxylic acids is 1. The fourth-order valence-corrected chi connectivity index (χ4v) is 1.42. The van der Waals surface area contributed by atoms with E-state index in [0.717, 1.165) is 0 Å². The van der Waals surface area contributed by atoms with Gasteiger partial charge in [0.2, 0.25) is 0 Å². The zero-order valence-electron chi connectivity index (χ0n) is 9.28. The van der Waals surface area contributed by atoms with Crippen molar-refractivity contribution < 1.29 is 13.2 Å². The van der Waals surface area contributed by atoms with Crippen LogP contribution < -0.4 is 11.3 Å². The lowest BCUT2D eigenvalue weighted by atomic mass is 10.1. The van der Waals surface area contributed by atoms with Gasteiger partial charge in [0.25, 0.3) is 0 Å². The summed E-state index contributed by atoms with van der Waals surface area (Å²) in [6.45, 7) is 0. The maximum atomic E-state index is 9.83. The summed E-state index contributed by atoms with van der Waals surface area (Å²) in [7, 11) is -2.71. The first-order chi connectivity index (χ1) is 8.63. The number of hydrogen-bond acceptors (Lipinski definition) is 4. The van der Waals surface area contributed by atoms with E-state index in [1.807, 2.05) is 0 Å². The van der Waals surface area contributed by atoms with Crippen molar-refractivity contribution >= 4 is 27.3 Å². The first-order valence-corrected chi connectivity index (χ1v) is 5.92. The number of nitrogens with zero attached hydrogens (tertiary/aromatic N) is 1. The Morgan fingerprint density at radius 1 is 1.00 bits per heavy atom. The van der Waals surface area contributed by atoms with Gasteiger partial charge in [-0.2, -0.15) is 8.42 Å². The molecule has 94 valence electrons. The van der Waals surface area contributed by atoms with Crippen LogP contribution in [0.3, 0.4) is 0 Å².